The van der Waals surface area contributed by atoms with Gasteiger partial charge < -0.3 is 14.4 Å². The van der Waals surface area contributed by atoms with Crippen LogP contribution in [0.15, 0.2) is 47.0 Å². The van der Waals surface area contributed by atoms with Gasteiger partial charge in [0.2, 0.25) is 0 Å². The third-order valence-electron chi connectivity index (χ3n) is 5.18. The summed E-state index contributed by atoms with van der Waals surface area (Å²) >= 11 is 0. The summed E-state index contributed by atoms with van der Waals surface area (Å²) in [5.41, 5.74) is 5.94. The van der Waals surface area contributed by atoms with E-state index >= 15 is 0 Å². The van der Waals surface area contributed by atoms with E-state index in [1.807, 2.05) is 38.1 Å². The van der Waals surface area contributed by atoms with Crippen molar-refractivity contribution in [2.45, 2.75) is 27.2 Å². The van der Waals surface area contributed by atoms with Crippen LogP contribution >= 0.6 is 0 Å². The Kier molecular flexibility index (Phi) is 4.92. The smallest absolute Gasteiger partial charge is 0.274 e. The highest BCUT2D eigenvalue weighted by Gasteiger charge is 2.17. The Morgan fingerprint density at radius 1 is 1.10 bits per heavy atom. The van der Waals surface area contributed by atoms with Crippen LogP contribution in [-0.4, -0.2) is 39.5 Å². The molecule has 4 rings (SSSR count). The summed E-state index contributed by atoms with van der Waals surface area (Å²) in [5.74, 6) is 1.04. The van der Waals surface area contributed by atoms with Crippen LogP contribution in [0.3, 0.4) is 0 Å². The molecule has 0 saturated heterocycles. The van der Waals surface area contributed by atoms with Crippen LogP contribution in [0.2, 0.25) is 0 Å². The van der Waals surface area contributed by atoms with Crippen LogP contribution in [0.5, 0.6) is 0 Å². The average molecular weight is 388 g/mol. The van der Waals surface area contributed by atoms with Gasteiger partial charge in [-0.15, -0.1) is 0 Å². The molecule has 0 aliphatic rings. The van der Waals surface area contributed by atoms with E-state index in [1.165, 1.54) is 5.56 Å². The first-order valence-corrected chi connectivity index (χ1v) is 9.66. The van der Waals surface area contributed by atoms with E-state index in [2.05, 4.69) is 40.2 Å². The summed E-state index contributed by atoms with van der Waals surface area (Å²) in [6.45, 7) is 6.61. The molecule has 0 fully saturated rings. The van der Waals surface area contributed by atoms with Gasteiger partial charge in [0.15, 0.2) is 5.82 Å². The summed E-state index contributed by atoms with van der Waals surface area (Å²) in [7, 11) is 1.79. The molecule has 0 radical (unpaired) electrons. The van der Waals surface area contributed by atoms with Gasteiger partial charge in [-0.05, 0) is 50.6 Å². The number of aryl methyl sites for hydroxylation is 3. The lowest BCUT2D eigenvalue weighted by Crippen LogP contribution is -2.29. The van der Waals surface area contributed by atoms with Gasteiger partial charge in [0.1, 0.15) is 5.69 Å². The zero-order chi connectivity index (χ0) is 20.5. The fraction of sp³-hybridized carbons (Fsp3) is 0.261. The van der Waals surface area contributed by atoms with Crippen LogP contribution < -0.4 is 0 Å². The minimum Gasteiger partial charge on any atom is -0.350 e. The number of carbonyl (C=O) groups excluding carboxylic acids is 1. The van der Waals surface area contributed by atoms with Crippen LogP contribution in [0.25, 0.3) is 22.5 Å². The second-order valence-corrected chi connectivity index (χ2v) is 7.54. The molecule has 6 nitrogen and oxygen atoms in total. The molecular formula is C23H24N4O2. The third-order valence-corrected chi connectivity index (χ3v) is 5.18. The first-order valence-electron chi connectivity index (χ1n) is 9.66. The number of carbonyl (C=O) groups is 1. The van der Waals surface area contributed by atoms with Crippen molar-refractivity contribution in [3.63, 3.8) is 0 Å². The van der Waals surface area contributed by atoms with Gasteiger partial charge in [-0.25, -0.2) is 0 Å². The zero-order valence-electron chi connectivity index (χ0n) is 17.1. The molecule has 2 aromatic heterocycles. The standard InChI is InChI=1S/C23H24N4O2/c1-14-6-5-7-17(12-14)23(28)27(4)11-10-20-25-22(29-26-20)21-16(3)18-13-15(2)8-9-19(18)24-21/h5-9,12-13,24H,10-11H2,1-4H3. The number of nitrogens with one attached hydrogen (secondary N) is 1. The maximum absolute atomic E-state index is 12.6. The Balaban J connectivity index is 1.47. The van der Waals surface area contributed by atoms with Gasteiger partial charge in [0.05, 0.1) is 0 Å². The summed E-state index contributed by atoms with van der Waals surface area (Å²) in [6, 6.07) is 13.9. The Morgan fingerprint density at radius 2 is 1.90 bits per heavy atom. The summed E-state index contributed by atoms with van der Waals surface area (Å²) in [6.07, 6.45) is 0.524. The number of rotatable bonds is 5. The van der Waals surface area contributed by atoms with Crippen molar-refractivity contribution in [2.24, 2.45) is 0 Å². The lowest BCUT2D eigenvalue weighted by Gasteiger charge is -2.16. The van der Waals surface area contributed by atoms with Gasteiger partial charge in [-0.2, -0.15) is 4.98 Å². The van der Waals surface area contributed by atoms with E-state index in [0.29, 0.717) is 30.2 Å². The predicted molar refractivity (Wildman–Crippen MR) is 113 cm³/mol. The van der Waals surface area contributed by atoms with E-state index in [-0.39, 0.29) is 5.91 Å². The second-order valence-electron chi connectivity index (χ2n) is 7.54. The number of hydrogen-bond acceptors (Lipinski definition) is 4. The molecule has 2 heterocycles. The number of H-pyrrole nitrogens is 1. The fourth-order valence-electron chi connectivity index (χ4n) is 3.48. The Bertz CT molecular complexity index is 1190. The maximum Gasteiger partial charge on any atom is 0.274 e. The molecule has 6 heteroatoms. The number of amides is 1. The Labute approximate surface area is 169 Å². The molecular weight excluding hydrogens is 364 g/mol. The lowest BCUT2D eigenvalue weighted by molar-refractivity contribution is 0.0795. The third kappa shape index (κ3) is 3.78. The van der Waals surface area contributed by atoms with Crippen molar-refractivity contribution in [3.05, 3.63) is 70.5 Å². The zero-order valence-corrected chi connectivity index (χ0v) is 17.1. The molecule has 0 aliphatic carbocycles. The molecule has 1 amide bonds. The summed E-state index contributed by atoms with van der Waals surface area (Å²) < 4.78 is 5.49. The van der Waals surface area contributed by atoms with E-state index in [1.54, 1.807) is 11.9 Å². The van der Waals surface area contributed by atoms with E-state index in [9.17, 15) is 4.79 Å². The SMILES string of the molecule is Cc1cccc(C(=O)N(C)CCc2noc(-c3[nH]c4ccc(C)cc4c3C)n2)c1. The summed E-state index contributed by atoms with van der Waals surface area (Å²) in [5, 5.41) is 5.25. The molecule has 2 aromatic carbocycles. The highest BCUT2D eigenvalue weighted by molar-refractivity contribution is 5.94. The van der Waals surface area contributed by atoms with Crippen molar-refractivity contribution in [1.29, 1.82) is 0 Å². The molecule has 0 aliphatic heterocycles. The summed E-state index contributed by atoms with van der Waals surface area (Å²) in [4.78, 5) is 22.2. The van der Waals surface area contributed by atoms with E-state index in [4.69, 9.17) is 4.52 Å². The molecule has 1 N–H and O–H groups in total. The molecule has 0 spiro atoms. The van der Waals surface area contributed by atoms with Gasteiger partial charge in [-0.1, -0.05) is 34.5 Å². The first kappa shape index (κ1) is 18.9. The monoisotopic (exact) mass is 388 g/mol. The number of aromatic nitrogens is 3. The normalized spacial score (nSPS) is 11.2. The van der Waals surface area contributed by atoms with Gasteiger partial charge in [0, 0.05) is 36.5 Å². The van der Waals surface area contributed by atoms with Crippen LogP contribution in [0.1, 0.15) is 32.9 Å². The van der Waals surface area contributed by atoms with E-state index in [0.717, 1.165) is 27.7 Å². The lowest BCUT2D eigenvalue weighted by atomic mass is 10.1. The predicted octanol–water partition coefficient (Wildman–Crippen LogP) is 4.46. The number of aromatic amines is 1. The quantitative estimate of drug-likeness (QED) is 0.548. The van der Waals surface area contributed by atoms with Crippen LogP contribution in [-0.2, 0) is 6.42 Å². The number of hydrogen-bond donors (Lipinski definition) is 1. The van der Waals surface area contributed by atoms with Crippen molar-refractivity contribution in [3.8, 4) is 11.6 Å². The van der Waals surface area contributed by atoms with E-state index < -0.39 is 0 Å². The maximum atomic E-state index is 12.6. The minimum absolute atomic E-state index is 0.0146. The molecule has 0 bridgehead atoms. The molecule has 0 atom stereocenters. The topological polar surface area (TPSA) is 75.0 Å². The van der Waals surface area contributed by atoms with Crippen LogP contribution in [0.4, 0.5) is 0 Å². The number of nitrogens with zero attached hydrogens (tertiary/aromatic N) is 3. The number of benzene rings is 2. The van der Waals surface area contributed by atoms with Crippen molar-refractivity contribution >= 4 is 16.8 Å². The number of likely N-dealkylation sites (N-methyl/N-ethyl adjacent to an activating group) is 1. The first-order chi connectivity index (χ1) is 13.9. The molecule has 0 saturated carbocycles. The minimum atomic E-state index is -0.0146. The van der Waals surface area contributed by atoms with Crippen LogP contribution in [0, 0.1) is 20.8 Å². The highest BCUT2D eigenvalue weighted by Crippen LogP contribution is 2.29. The van der Waals surface area contributed by atoms with Gasteiger partial charge in [0.25, 0.3) is 11.8 Å². The molecule has 4 aromatic rings. The fourth-order valence-corrected chi connectivity index (χ4v) is 3.48. The molecule has 148 valence electrons. The molecule has 0 unspecified atom stereocenters. The largest absolute Gasteiger partial charge is 0.350 e. The molecule has 29 heavy (non-hydrogen) atoms. The second kappa shape index (κ2) is 7.54. The number of fused-ring (bicyclic) bond motifs is 1. The Hall–Kier alpha value is -3.41. The highest BCUT2D eigenvalue weighted by atomic mass is 16.5. The van der Waals surface area contributed by atoms with Crippen molar-refractivity contribution < 1.29 is 9.32 Å². The van der Waals surface area contributed by atoms with Crippen molar-refractivity contribution in [2.75, 3.05) is 13.6 Å². The average Bonchev–Trinajstić information content (AvgIpc) is 3.30. The van der Waals surface area contributed by atoms with Gasteiger partial charge in [-0.3, -0.25) is 4.79 Å². The Morgan fingerprint density at radius 3 is 2.69 bits per heavy atom. The van der Waals surface area contributed by atoms with Gasteiger partial charge >= 0.3 is 0 Å². The van der Waals surface area contributed by atoms with Crippen molar-refractivity contribution in [1.82, 2.24) is 20.0 Å².